The molecule has 0 bridgehead atoms. The van der Waals surface area contributed by atoms with E-state index in [4.69, 9.17) is 9.60 Å². The van der Waals surface area contributed by atoms with Crippen molar-refractivity contribution in [2.75, 3.05) is 0 Å². The summed E-state index contributed by atoms with van der Waals surface area (Å²) >= 11 is 1.29. The van der Waals surface area contributed by atoms with Crippen molar-refractivity contribution in [1.82, 2.24) is 4.98 Å². The second kappa shape index (κ2) is 4.18. The van der Waals surface area contributed by atoms with E-state index in [1.807, 2.05) is 24.3 Å². The van der Waals surface area contributed by atoms with Crippen LogP contribution in [0.2, 0.25) is 0 Å². The summed E-state index contributed by atoms with van der Waals surface area (Å²) in [4.78, 5) is 4.49. The maximum atomic E-state index is 8.33. The second-order valence-electron chi connectivity index (χ2n) is 3.99. The molecule has 0 N–H and O–H groups in total. The second-order valence-corrected chi connectivity index (χ2v) is 5.02. The molecule has 1 heterocycles. The van der Waals surface area contributed by atoms with Crippen molar-refractivity contribution in [3.05, 3.63) is 66.6 Å². The minimum atomic E-state index is -0.455. The molecular formula is C17H11NS. The molecule has 0 saturated carbocycles. The molecule has 1 nitrogen and oxygen atoms in total. The highest BCUT2D eigenvalue weighted by Gasteiger charge is 2.08. The van der Waals surface area contributed by atoms with Crippen LogP contribution >= 0.6 is 11.3 Å². The van der Waals surface area contributed by atoms with Crippen LogP contribution in [0, 0.1) is 0 Å². The van der Waals surface area contributed by atoms with Crippen molar-refractivity contribution in [2.45, 2.75) is 0 Å². The Kier molecular flexibility index (Phi) is 1.29. The predicted molar refractivity (Wildman–Crippen MR) is 82.6 cm³/mol. The molecule has 0 aliphatic heterocycles. The highest BCUT2D eigenvalue weighted by molar-refractivity contribution is 7.21. The van der Waals surface area contributed by atoms with Crippen LogP contribution in [0.5, 0.6) is 0 Å². The summed E-state index contributed by atoms with van der Waals surface area (Å²) in [6, 6.07) is 4.79. The molecular weight excluding hydrogens is 250 g/mol. The van der Waals surface area contributed by atoms with Crippen LogP contribution in [-0.4, -0.2) is 4.98 Å². The molecule has 1 aromatic heterocycles. The Labute approximate surface area is 125 Å². The van der Waals surface area contributed by atoms with E-state index in [-0.39, 0.29) is 46.5 Å². The van der Waals surface area contributed by atoms with Crippen molar-refractivity contribution in [3.63, 3.8) is 0 Å². The summed E-state index contributed by atoms with van der Waals surface area (Å²) in [5, 5.41) is 0.423. The smallest absolute Gasteiger partial charge is 0.125 e. The average Bonchev–Trinajstić information content (AvgIpc) is 3.06. The molecule has 0 unspecified atom stereocenters. The quantitative estimate of drug-likeness (QED) is 0.467. The van der Waals surface area contributed by atoms with Crippen molar-refractivity contribution >= 4 is 32.3 Å². The van der Waals surface area contributed by atoms with E-state index < -0.39 is 12.1 Å². The van der Waals surface area contributed by atoms with Crippen molar-refractivity contribution < 1.29 is 9.60 Å². The molecule has 2 heteroatoms. The number of benzene rings is 3. The Hall–Kier alpha value is -2.19. The zero-order chi connectivity index (χ0) is 18.7. The average molecular weight is 268 g/mol. The fourth-order valence-corrected chi connectivity index (χ4v) is 2.92. The van der Waals surface area contributed by atoms with Gasteiger partial charge in [-0.1, -0.05) is 54.4 Å². The number of aromatic nitrogens is 1. The third-order valence-electron chi connectivity index (χ3n) is 2.82. The fraction of sp³-hybridized carbons (Fsp3) is 0. The number of nitrogens with zero attached hydrogens (tertiary/aromatic N) is 1. The van der Waals surface area contributed by atoms with E-state index in [2.05, 4.69) is 4.98 Å². The van der Waals surface area contributed by atoms with E-state index in [0.29, 0.717) is 10.5 Å². The van der Waals surface area contributed by atoms with Crippen LogP contribution in [0.15, 0.2) is 66.6 Å². The van der Waals surface area contributed by atoms with Gasteiger partial charge in [0.15, 0.2) is 0 Å². The highest BCUT2D eigenvalue weighted by Crippen LogP contribution is 2.34. The third kappa shape index (κ3) is 1.72. The van der Waals surface area contributed by atoms with Crippen molar-refractivity contribution in [1.29, 1.82) is 0 Å². The van der Waals surface area contributed by atoms with Crippen molar-refractivity contribution in [3.8, 4) is 10.6 Å². The van der Waals surface area contributed by atoms with E-state index in [0.717, 1.165) is 4.70 Å². The molecule has 0 atom stereocenters. The maximum absolute atomic E-state index is 8.33. The molecule has 0 fully saturated rings. The normalized spacial score (nSPS) is 16.3. The van der Waals surface area contributed by atoms with Gasteiger partial charge in [-0.15, -0.1) is 11.3 Å². The lowest BCUT2D eigenvalue weighted by Gasteiger charge is -2.02. The molecule has 3 aromatic carbocycles. The Morgan fingerprint density at radius 3 is 2.74 bits per heavy atom. The molecule has 0 radical (unpaired) electrons. The molecule has 0 aliphatic rings. The van der Waals surface area contributed by atoms with Crippen LogP contribution in [0.1, 0.15) is 9.60 Å². The number of para-hydroxylation sites is 1. The molecule has 4 aromatic rings. The van der Waals surface area contributed by atoms with E-state index in [9.17, 15) is 0 Å². The number of rotatable bonds is 1. The Balaban J connectivity index is 2.25. The largest absolute Gasteiger partial charge is 0.236 e. The highest BCUT2D eigenvalue weighted by atomic mass is 32.1. The van der Waals surface area contributed by atoms with Crippen LogP contribution in [0.25, 0.3) is 31.6 Å². The monoisotopic (exact) mass is 268 g/mol. The topological polar surface area (TPSA) is 12.9 Å². The fourth-order valence-electron chi connectivity index (χ4n) is 1.95. The van der Waals surface area contributed by atoms with Gasteiger partial charge in [-0.2, -0.15) is 0 Å². The first kappa shape index (κ1) is 5.85. The lowest BCUT2D eigenvalue weighted by atomic mass is 10.1. The summed E-state index contributed by atoms with van der Waals surface area (Å²) in [5.41, 5.74) is 0.886. The zero-order valence-electron chi connectivity index (χ0n) is 16.7. The zero-order valence-corrected chi connectivity index (χ0v) is 10.5. The summed E-state index contributed by atoms with van der Waals surface area (Å²) in [6.07, 6.45) is 0. The van der Waals surface area contributed by atoms with Gasteiger partial charge in [-0.25, -0.2) is 4.98 Å². The molecule has 19 heavy (non-hydrogen) atoms. The van der Waals surface area contributed by atoms with Gasteiger partial charge in [0, 0.05) is 5.56 Å². The Bertz CT molecular complexity index is 1170. The molecule has 0 amide bonds. The van der Waals surface area contributed by atoms with Crippen LogP contribution in [-0.2, 0) is 0 Å². The first-order valence-electron chi connectivity index (χ1n) is 9.18. The van der Waals surface area contributed by atoms with E-state index in [1.165, 1.54) is 11.3 Å². The van der Waals surface area contributed by atoms with E-state index in [1.54, 1.807) is 0 Å². The SMILES string of the molecule is [2H]c1c([2H])c([2H])c2c(-c3nc4ccccc4s3)c([2H])c([2H])c([2H])c2c1[2H]. The Morgan fingerprint density at radius 1 is 0.947 bits per heavy atom. The van der Waals surface area contributed by atoms with Gasteiger partial charge in [0.1, 0.15) is 5.01 Å². The van der Waals surface area contributed by atoms with E-state index >= 15 is 0 Å². The lowest BCUT2D eigenvalue weighted by Crippen LogP contribution is -1.79. The molecule has 4 rings (SSSR count). The van der Waals surface area contributed by atoms with Gasteiger partial charge in [0.25, 0.3) is 0 Å². The number of hydrogen-bond donors (Lipinski definition) is 0. The standard InChI is InChI=1S/C17H11NS/c1-2-8-13-12(6-1)7-5-9-14(13)17-18-15-10-3-4-11-16(15)19-17/h1-11H/i1D,2D,5D,6D,7D,8D,9D. The number of hydrogen-bond acceptors (Lipinski definition) is 2. The summed E-state index contributed by atoms with van der Waals surface area (Å²) in [7, 11) is 0. The van der Waals surface area contributed by atoms with Gasteiger partial charge in [0.2, 0.25) is 0 Å². The van der Waals surface area contributed by atoms with Crippen molar-refractivity contribution in [2.24, 2.45) is 0 Å². The predicted octanol–water partition coefficient (Wildman–Crippen LogP) is 5.12. The molecule has 0 saturated heterocycles. The van der Waals surface area contributed by atoms with Gasteiger partial charge in [-0.3, -0.25) is 0 Å². The lowest BCUT2D eigenvalue weighted by molar-refractivity contribution is 1.49. The van der Waals surface area contributed by atoms with Gasteiger partial charge in [0.05, 0.1) is 19.8 Å². The van der Waals surface area contributed by atoms with Crippen LogP contribution in [0.3, 0.4) is 0 Å². The third-order valence-corrected chi connectivity index (χ3v) is 3.87. The minimum absolute atomic E-state index is 0.0498. The first-order valence-corrected chi connectivity index (χ1v) is 6.50. The van der Waals surface area contributed by atoms with Gasteiger partial charge >= 0.3 is 0 Å². The maximum Gasteiger partial charge on any atom is 0.125 e. The van der Waals surface area contributed by atoms with Crippen LogP contribution < -0.4 is 0 Å². The summed E-state index contributed by atoms with van der Waals surface area (Å²) in [5.74, 6) is 0. The number of fused-ring (bicyclic) bond motifs is 2. The van der Waals surface area contributed by atoms with Crippen LogP contribution in [0.4, 0.5) is 0 Å². The summed E-state index contributed by atoms with van der Waals surface area (Å²) < 4.78 is 57.6. The summed E-state index contributed by atoms with van der Waals surface area (Å²) in [6.45, 7) is 0. The van der Waals surface area contributed by atoms with Gasteiger partial charge in [-0.05, 0) is 22.9 Å². The Morgan fingerprint density at radius 2 is 1.79 bits per heavy atom. The van der Waals surface area contributed by atoms with Gasteiger partial charge < -0.3 is 0 Å². The molecule has 0 aliphatic carbocycles. The minimum Gasteiger partial charge on any atom is -0.236 e. The first-order chi connectivity index (χ1) is 12.3. The molecule has 0 spiro atoms. The number of thiazole rings is 1. The molecule has 90 valence electrons.